The van der Waals surface area contributed by atoms with E-state index in [1.165, 1.54) is 25.7 Å². The monoisotopic (exact) mass is 355 g/mol. The number of unbranched alkanes of at least 4 members (excludes halogenated alkanes) is 7. The van der Waals surface area contributed by atoms with Crippen molar-refractivity contribution in [2.45, 2.75) is 72.5 Å². The van der Waals surface area contributed by atoms with E-state index >= 15 is 0 Å². The van der Waals surface area contributed by atoms with Crippen LogP contribution in [0.3, 0.4) is 0 Å². The molecule has 2 N–H and O–H groups in total. The molecule has 0 aromatic carbocycles. The van der Waals surface area contributed by atoms with Crippen molar-refractivity contribution in [1.82, 2.24) is 0 Å². The predicted octanol–water partition coefficient (Wildman–Crippen LogP) is 6.35. The topological polar surface area (TPSA) is 26.0 Å². The van der Waals surface area contributed by atoms with Gasteiger partial charge in [-0.3, -0.25) is 0 Å². The third kappa shape index (κ3) is 17.4. The van der Waals surface area contributed by atoms with Gasteiger partial charge in [0, 0.05) is 0 Å². The molecule has 0 aromatic heterocycles. The summed E-state index contributed by atoms with van der Waals surface area (Å²) < 4.78 is -2.14. The SMILES string of the molecule is NC(Cl)(Cl)CCCCCCCCCCC(Cl)(Cl)Cl. The normalized spacial score (nSPS) is 13.0. The molecule has 0 amide bonds. The van der Waals surface area contributed by atoms with E-state index in [0.717, 1.165) is 25.7 Å². The summed E-state index contributed by atoms with van der Waals surface area (Å²) in [6.45, 7) is 0. The van der Waals surface area contributed by atoms with E-state index in [9.17, 15) is 0 Å². The van der Waals surface area contributed by atoms with Gasteiger partial charge in [0.15, 0.2) is 8.25 Å². The van der Waals surface area contributed by atoms with Crippen LogP contribution in [0.25, 0.3) is 0 Å². The van der Waals surface area contributed by atoms with E-state index in [4.69, 9.17) is 63.7 Å². The molecule has 0 fully saturated rings. The maximum absolute atomic E-state index is 5.68. The molecule has 0 saturated carbocycles. The molecule has 0 aliphatic rings. The fourth-order valence-electron chi connectivity index (χ4n) is 1.75. The van der Waals surface area contributed by atoms with Gasteiger partial charge in [-0.15, -0.1) is 0 Å². The highest BCUT2D eigenvalue weighted by Gasteiger charge is 2.18. The minimum Gasteiger partial charge on any atom is -0.300 e. The highest BCUT2D eigenvalue weighted by molar-refractivity contribution is 6.67. The Labute approximate surface area is 136 Å². The first-order valence-corrected chi connectivity index (χ1v) is 8.33. The smallest absolute Gasteiger partial charge is 0.190 e. The van der Waals surface area contributed by atoms with Gasteiger partial charge in [0.2, 0.25) is 0 Å². The molecule has 0 saturated heterocycles. The Balaban J connectivity index is 3.13. The van der Waals surface area contributed by atoms with Crippen molar-refractivity contribution in [2.75, 3.05) is 0 Å². The van der Waals surface area contributed by atoms with Crippen molar-refractivity contribution in [3.8, 4) is 0 Å². The molecule has 110 valence electrons. The van der Waals surface area contributed by atoms with Crippen LogP contribution in [-0.4, -0.2) is 8.25 Å². The van der Waals surface area contributed by atoms with Crippen LogP contribution in [0.2, 0.25) is 0 Å². The molecule has 0 aliphatic heterocycles. The number of rotatable bonds is 10. The first-order valence-electron chi connectivity index (χ1n) is 6.44. The van der Waals surface area contributed by atoms with Gasteiger partial charge in [0.25, 0.3) is 0 Å². The Morgan fingerprint density at radius 2 is 0.889 bits per heavy atom. The number of alkyl halides is 5. The summed E-state index contributed by atoms with van der Waals surface area (Å²) >= 11 is 28.4. The van der Waals surface area contributed by atoms with Crippen LogP contribution >= 0.6 is 58.0 Å². The summed E-state index contributed by atoms with van der Waals surface area (Å²) in [5.74, 6) is 0. The zero-order valence-electron chi connectivity index (χ0n) is 10.5. The van der Waals surface area contributed by atoms with Gasteiger partial charge in [0.1, 0.15) is 0 Å². The molecule has 0 unspecified atom stereocenters. The minimum atomic E-state index is -1.09. The van der Waals surface area contributed by atoms with Gasteiger partial charge >= 0.3 is 0 Å². The summed E-state index contributed by atoms with van der Waals surface area (Å²) in [5.41, 5.74) is 5.46. The highest BCUT2D eigenvalue weighted by atomic mass is 35.6. The standard InChI is InChI=1S/C12H22Cl5N/c13-11(14,15)9-7-5-3-1-2-4-6-8-10-12(16,17)18/h1-10,18H2. The van der Waals surface area contributed by atoms with Crippen LogP contribution < -0.4 is 5.73 Å². The molecule has 6 heteroatoms. The van der Waals surface area contributed by atoms with Crippen LogP contribution in [0.15, 0.2) is 0 Å². The summed E-state index contributed by atoms with van der Waals surface area (Å²) in [6.07, 6.45) is 10.4. The number of hydrogen-bond acceptors (Lipinski definition) is 1. The second kappa shape index (κ2) is 10.2. The Morgan fingerprint density at radius 3 is 1.22 bits per heavy atom. The predicted molar refractivity (Wildman–Crippen MR) is 85.1 cm³/mol. The largest absolute Gasteiger partial charge is 0.300 e. The number of hydrogen-bond donors (Lipinski definition) is 1. The van der Waals surface area contributed by atoms with Crippen LogP contribution in [0.4, 0.5) is 0 Å². The van der Waals surface area contributed by atoms with E-state index < -0.39 is 8.25 Å². The molecule has 0 heterocycles. The second-order valence-corrected chi connectivity index (χ2v) is 8.76. The van der Waals surface area contributed by atoms with E-state index in [0.29, 0.717) is 12.8 Å². The molecule has 0 radical (unpaired) electrons. The van der Waals surface area contributed by atoms with Gasteiger partial charge in [-0.2, -0.15) is 0 Å². The summed E-state index contributed by atoms with van der Waals surface area (Å²) in [5, 5.41) is 0. The van der Waals surface area contributed by atoms with Crippen molar-refractivity contribution in [3.63, 3.8) is 0 Å². The lowest BCUT2D eigenvalue weighted by Crippen LogP contribution is -2.24. The number of nitrogens with two attached hydrogens (primary N) is 1. The highest BCUT2D eigenvalue weighted by Crippen LogP contribution is 2.32. The quantitative estimate of drug-likeness (QED) is 0.275. The first kappa shape index (κ1) is 19.4. The lowest BCUT2D eigenvalue weighted by atomic mass is 10.1. The summed E-state index contributed by atoms with van der Waals surface area (Å²) in [6, 6.07) is 0. The van der Waals surface area contributed by atoms with E-state index in [1.54, 1.807) is 0 Å². The maximum Gasteiger partial charge on any atom is 0.190 e. The van der Waals surface area contributed by atoms with Crippen molar-refractivity contribution in [3.05, 3.63) is 0 Å². The summed E-state index contributed by atoms with van der Waals surface area (Å²) in [7, 11) is 0. The van der Waals surface area contributed by atoms with E-state index in [2.05, 4.69) is 0 Å². The molecule has 0 atom stereocenters. The van der Waals surface area contributed by atoms with Crippen LogP contribution in [0, 0.1) is 0 Å². The van der Waals surface area contributed by atoms with Crippen LogP contribution in [0.5, 0.6) is 0 Å². The van der Waals surface area contributed by atoms with E-state index in [1.807, 2.05) is 0 Å². The Hall–Kier alpha value is 1.41. The first-order chi connectivity index (χ1) is 8.21. The van der Waals surface area contributed by atoms with Gasteiger partial charge in [-0.1, -0.05) is 96.5 Å². The molecule has 18 heavy (non-hydrogen) atoms. The fraction of sp³-hybridized carbons (Fsp3) is 1.00. The van der Waals surface area contributed by atoms with E-state index in [-0.39, 0.29) is 0 Å². The Morgan fingerprint density at radius 1 is 0.556 bits per heavy atom. The van der Waals surface area contributed by atoms with Gasteiger partial charge in [-0.05, 0) is 25.7 Å². The lowest BCUT2D eigenvalue weighted by molar-refractivity contribution is 0.543. The Bertz CT molecular complexity index is 176. The van der Waals surface area contributed by atoms with Crippen molar-refractivity contribution in [2.24, 2.45) is 5.73 Å². The molecule has 0 aromatic rings. The third-order valence-electron chi connectivity index (χ3n) is 2.72. The molecular weight excluding hydrogens is 335 g/mol. The summed E-state index contributed by atoms with van der Waals surface area (Å²) in [4.78, 5) is 0. The average molecular weight is 358 g/mol. The third-order valence-corrected chi connectivity index (χ3v) is 3.67. The average Bonchev–Trinajstić information content (AvgIpc) is 2.17. The zero-order valence-corrected chi connectivity index (χ0v) is 14.3. The zero-order chi connectivity index (χ0) is 14.1. The molecule has 0 spiro atoms. The lowest BCUT2D eigenvalue weighted by Gasteiger charge is -2.12. The second-order valence-electron chi connectivity index (χ2n) is 4.70. The van der Waals surface area contributed by atoms with Gasteiger partial charge in [-0.25, -0.2) is 0 Å². The van der Waals surface area contributed by atoms with Crippen molar-refractivity contribution >= 4 is 58.0 Å². The van der Waals surface area contributed by atoms with Crippen LogP contribution in [-0.2, 0) is 0 Å². The molecule has 1 nitrogen and oxygen atoms in total. The molecular formula is C12H22Cl5N. The van der Waals surface area contributed by atoms with Crippen LogP contribution in [0.1, 0.15) is 64.2 Å². The van der Waals surface area contributed by atoms with Gasteiger partial charge < -0.3 is 5.73 Å². The fourth-order valence-corrected chi connectivity index (χ4v) is 2.41. The molecule has 0 bridgehead atoms. The molecule has 0 rings (SSSR count). The minimum absolute atomic E-state index is 0.641. The molecule has 0 aliphatic carbocycles. The van der Waals surface area contributed by atoms with Crippen molar-refractivity contribution < 1.29 is 0 Å². The Kier molecular flexibility index (Phi) is 11.0. The maximum atomic E-state index is 5.68. The number of halogens is 5. The van der Waals surface area contributed by atoms with Crippen molar-refractivity contribution in [1.29, 1.82) is 0 Å². The van der Waals surface area contributed by atoms with Gasteiger partial charge in [0.05, 0.1) is 0 Å².